The summed E-state index contributed by atoms with van der Waals surface area (Å²) in [6.07, 6.45) is 2.97. The zero-order chi connectivity index (χ0) is 22.4. The normalized spacial score (nSPS) is 12.5. The molecule has 0 saturated heterocycles. The van der Waals surface area contributed by atoms with Crippen LogP contribution in [0.2, 0.25) is 5.02 Å². The third-order valence-corrected chi connectivity index (χ3v) is 6.24. The molecule has 6 heteroatoms. The molecule has 3 heterocycles. The number of nitrogens with zero attached hydrogens (tertiary/aromatic N) is 3. The maximum Gasteiger partial charge on any atom is 0.122 e. The van der Waals surface area contributed by atoms with Gasteiger partial charge in [-0.05, 0) is 61.0 Å². The van der Waals surface area contributed by atoms with Gasteiger partial charge in [-0.1, -0.05) is 41.4 Å². The molecule has 1 aliphatic rings. The van der Waals surface area contributed by atoms with E-state index in [9.17, 15) is 0 Å². The van der Waals surface area contributed by atoms with E-state index in [-0.39, 0.29) is 0 Å². The Morgan fingerprint density at radius 2 is 1.73 bits per heavy atom. The Kier molecular flexibility index (Phi) is 4.77. The smallest absolute Gasteiger partial charge is 0.122 e. The van der Waals surface area contributed by atoms with Crippen LogP contribution in [0.3, 0.4) is 0 Å². The Bertz CT molecular complexity index is 1450. The van der Waals surface area contributed by atoms with Crippen LogP contribution in [0.5, 0.6) is 5.75 Å². The average Bonchev–Trinajstić information content (AvgIpc) is 3.58. The summed E-state index contributed by atoms with van der Waals surface area (Å²) in [4.78, 5) is 0. The van der Waals surface area contributed by atoms with Gasteiger partial charge in [-0.2, -0.15) is 10.2 Å². The fourth-order valence-corrected chi connectivity index (χ4v) is 4.30. The molecule has 0 atom stereocenters. The highest BCUT2D eigenvalue weighted by molar-refractivity contribution is 6.30. The van der Waals surface area contributed by atoms with Crippen molar-refractivity contribution in [1.29, 1.82) is 0 Å². The van der Waals surface area contributed by atoms with Crippen LogP contribution in [0.1, 0.15) is 11.1 Å². The van der Waals surface area contributed by atoms with Gasteiger partial charge in [-0.3, -0.25) is 5.10 Å². The molecule has 1 aliphatic heterocycles. The topological polar surface area (TPSA) is 55.7 Å². The number of aromatic nitrogens is 4. The van der Waals surface area contributed by atoms with Crippen molar-refractivity contribution in [1.82, 2.24) is 20.0 Å². The fourth-order valence-electron chi connectivity index (χ4n) is 4.18. The molecular formula is C27H21ClN4O. The Labute approximate surface area is 196 Å². The summed E-state index contributed by atoms with van der Waals surface area (Å²) in [7, 11) is 0. The number of hydrogen-bond acceptors (Lipinski definition) is 3. The van der Waals surface area contributed by atoms with E-state index in [2.05, 4.69) is 59.6 Å². The number of ether oxygens (including phenoxy) is 1. The van der Waals surface area contributed by atoms with E-state index in [1.807, 2.05) is 41.2 Å². The van der Waals surface area contributed by atoms with Gasteiger partial charge in [0.05, 0.1) is 23.7 Å². The van der Waals surface area contributed by atoms with Gasteiger partial charge in [0.15, 0.2) is 0 Å². The number of nitrogens with one attached hydrogen (secondary N) is 1. The number of H-pyrrole nitrogens is 1. The first-order valence-corrected chi connectivity index (χ1v) is 11.3. The second-order valence-electron chi connectivity index (χ2n) is 8.27. The first kappa shape index (κ1) is 19.8. The van der Waals surface area contributed by atoms with E-state index in [4.69, 9.17) is 21.4 Å². The van der Waals surface area contributed by atoms with Crippen molar-refractivity contribution in [2.75, 3.05) is 6.61 Å². The van der Waals surface area contributed by atoms with Crippen molar-refractivity contribution in [3.63, 3.8) is 0 Å². The molecule has 162 valence electrons. The van der Waals surface area contributed by atoms with Gasteiger partial charge in [0.25, 0.3) is 0 Å². The second kappa shape index (κ2) is 7.94. The number of aryl methyl sites for hydroxylation is 1. The molecule has 0 amide bonds. The first-order valence-electron chi connectivity index (χ1n) is 10.9. The number of aromatic amines is 1. The lowest BCUT2D eigenvalue weighted by molar-refractivity contribution is 0.357. The minimum atomic E-state index is 0.697. The van der Waals surface area contributed by atoms with Crippen LogP contribution in [-0.4, -0.2) is 26.6 Å². The lowest BCUT2D eigenvalue weighted by Crippen LogP contribution is -1.94. The van der Waals surface area contributed by atoms with Crippen molar-refractivity contribution >= 4 is 11.6 Å². The Morgan fingerprint density at radius 3 is 2.55 bits per heavy atom. The lowest BCUT2D eigenvalue weighted by atomic mass is 10.0. The maximum atomic E-state index is 6.09. The summed E-state index contributed by atoms with van der Waals surface area (Å²) in [5.41, 5.74) is 9.19. The molecule has 0 bridgehead atoms. The van der Waals surface area contributed by atoms with Crippen molar-refractivity contribution in [2.24, 2.45) is 0 Å². The number of benzene rings is 3. The Morgan fingerprint density at radius 1 is 0.939 bits per heavy atom. The molecule has 6 rings (SSSR count). The molecule has 2 aromatic heterocycles. The summed E-state index contributed by atoms with van der Waals surface area (Å²) < 4.78 is 7.52. The van der Waals surface area contributed by atoms with E-state index in [0.717, 1.165) is 58.2 Å². The molecule has 0 spiro atoms. The van der Waals surface area contributed by atoms with Gasteiger partial charge in [-0.15, -0.1) is 0 Å². The monoisotopic (exact) mass is 452 g/mol. The fraction of sp³-hybridized carbons (Fsp3) is 0.111. The zero-order valence-electron chi connectivity index (χ0n) is 18.0. The second-order valence-corrected chi connectivity index (χ2v) is 8.70. The summed E-state index contributed by atoms with van der Waals surface area (Å²) in [5.74, 6) is 0.973. The van der Waals surface area contributed by atoms with Crippen molar-refractivity contribution in [2.45, 2.75) is 13.3 Å². The van der Waals surface area contributed by atoms with E-state index < -0.39 is 0 Å². The Balaban J connectivity index is 1.44. The third kappa shape index (κ3) is 3.70. The van der Waals surface area contributed by atoms with Crippen LogP contribution in [0, 0.1) is 6.92 Å². The zero-order valence-corrected chi connectivity index (χ0v) is 18.8. The number of fused-ring (bicyclic) bond motifs is 1. The van der Waals surface area contributed by atoms with E-state index in [1.165, 1.54) is 11.1 Å². The highest BCUT2D eigenvalue weighted by Crippen LogP contribution is 2.35. The molecule has 0 fully saturated rings. The quantitative estimate of drug-likeness (QED) is 0.339. The van der Waals surface area contributed by atoms with Gasteiger partial charge in [0.2, 0.25) is 0 Å². The van der Waals surface area contributed by atoms with Crippen molar-refractivity contribution in [3.05, 3.63) is 95.1 Å². The molecule has 5 aromatic rings. The van der Waals surface area contributed by atoms with Gasteiger partial charge < -0.3 is 4.74 Å². The molecule has 0 saturated carbocycles. The van der Waals surface area contributed by atoms with Crippen molar-refractivity contribution < 1.29 is 4.74 Å². The predicted molar refractivity (Wildman–Crippen MR) is 131 cm³/mol. The van der Waals surface area contributed by atoms with E-state index >= 15 is 0 Å². The largest absolute Gasteiger partial charge is 0.493 e. The molecule has 1 N–H and O–H groups in total. The SMILES string of the molecule is Cc1ccc(-c2nn(-c3ccc(Cl)cc3)cc2-c2cc(-c3ccc4c(c3)CCO4)n[nH]2)cc1. The van der Waals surface area contributed by atoms with E-state index in [0.29, 0.717) is 5.02 Å². The lowest BCUT2D eigenvalue weighted by Gasteiger charge is -2.02. The van der Waals surface area contributed by atoms with E-state index in [1.54, 1.807) is 0 Å². The van der Waals surface area contributed by atoms with Gasteiger partial charge >= 0.3 is 0 Å². The van der Waals surface area contributed by atoms with Crippen LogP contribution in [-0.2, 0) is 6.42 Å². The number of rotatable bonds is 4. The summed E-state index contributed by atoms with van der Waals surface area (Å²) in [5, 5.41) is 13.5. The standard InChI is InChI=1S/C27H21ClN4O/c1-17-2-4-18(5-3-17)27-23(16-32(31-27)22-9-7-21(28)8-10-22)25-15-24(29-30-25)19-6-11-26-20(14-19)12-13-33-26/h2-11,14-16H,12-13H2,1H3,(H,29,30). The summed E-state index contributed by atoms with van der Waals surface area (Å²) in [6.45, 7) is 2.83. The third-order valence-electron chi connectivity index (χ3n) is 5.98. The van der Waals surface area contributed by atoms with Crippen LogP contribution >= 0.6 is 11.6 Å². The van der Waals surface area contributed by atoms with Gasteiger partial charge in [-0.25, -0.2) is 4.68 Å². The van der Waals surface area contributed by atoms with Gasteiger partial charge in [0.1, 0.15) is 11.4 Å². The van der Waals surface area contributed by atoms with Crippen LogP contribution in [0.15, 0.2) is 79.0 Å². The average molecular weight is 453 g/mol. The molecule has 0 unspecified atom stereocenters. The van der Waals surface area contributed by atoms with Crippen LogP contribution in [0.4, 0.5) is 0 Å². The molecule has 0 radical (unpaired) electrons. The Hall–Kier alpha value is -3.83. The van der Waals surface area contributed by atoms with Crippen molar-refractivity contribution in [3.8, 4) is 45.2 Å². The number of hydrogen-bond donors (Lipinski definition) is 1. The highest BCUT2D eigenvalue weighted by atomic mass is 35.5. The summed E-state index contributed by atoms with van der Waals surface area (Å²) >= 11 is 6.09. The van der Waals surface area contributed by atoms with Gasteiger partial charge in [0, 0.05) is 34.3 Å². The summed E-state index contributed by atoms with van der Waals surface area (Å²) in [6, 6.07) is 24.4. The maximum absolute atomic E-state index is 6.09. The molecular weight excluding hydrogens is 432 g/mol. The highest BCUT2D eigenvalue weighted by Gasteiger charge is 2.18. The van der Waals surface area contributed by atoms with Crippen LogP contribution in [0.25, 0.3) is 39.5 Å². The molecule has 0 aliphatic carbocycles. The minimum absolute atomic E-state index is 0.697. The van der Waals surface area contributed by atoms with Crippen LogP contribution < -0.4 is 4.74 Å². The number of halogens is 1. The minimum Gasteiger partial charge on any atom is -0.493 e. The molecule has 3 aromatic carbocycles. The molecule has 33 heavy (non-hydrogen) atoms. The molecule has 5 nitrogen and oxygen atoms in total. The predicted octanol–water partition coefficient (Wildman–Crippen LogP) is 6.49. The first-order chi connectivity index (χ1) is 16.1.